The summed E-state index contributed by atoms with van der Waals surface area (Å²) in [5.74, 6) is 1.91. The molecule has 1 aromatic rings. The molecule has 0 saturated heterocycles. The van der Waals surface area contributed by atoms with Crippen molar-refractivity contribution in [3.05, 3.63) is 41.6 Å². The number of hydrogen-bond acceptors (Lipinski definition) is 2. The maximum absolute atomic E-state index is 11.0. The highest BCUT2D eigenvalue weighted by molar-refractivity contribution is 8.00. The molecule has 0 spiro atoms. The number of benzene rings is 1. The van der Waals surface area contributed by atoms with Crippen LogP contribution in [0.25, 0.3) is 5.57 Å². The van der Waals surface area contributed by atoms with Crippen LogP contribution in [0.2, 0.25) is 0 Å². The van der Waals surface area contributed by atoms with Crippen molar-refractivity contribution in [1.82, 2.24) is 5.32 Å². The average molecular weight is 219 g/mol. The molecule has 0 bridgehead atoms. The van der Waals surface area contributed by atoms with Crippen molar-refractivity contribution >= 4 is 23.2 Å². The Morgan fingerprint density at radius 1 is 1.27 bits per heavy atom. The predicted molar refractivity (Wildman–Crippen MR) is 64.5 cm³/mol. The zero-order valence-corrected chi connectivity index (χ0v) is 9.43. The zero-order valence-electron chi connectivity index (χ0n) is 8.62. The fourth-order valence-corrected chi connectivity index (χ4v) is 2.75. The van der Waals surface area contributed by atoms with E-state index in [4.69, 9.17) is 0 Å². The molecule has 1 aromatic carbocycles. The van der Waals surface area contributed by atoms with Gasteiger partial charge in [-0.1, -0.05) is 30.3 Å². The second-order valence-electron chi connectivity index (χ2n) is 3.50. The molecule has 3 heteroatoms. The summed E-state index contributed by atoms with van der Waals surface area (Å²) in [4.78, 5) is 11.0. The van der Waals surface area contributed by atoms with Crippen molar-refractivity contribution in [3.8, 4) is 0 Å². The monoisotopic (exact) mass is 219 g/mol. The van der Waals surface area contributed by atoms with Crippen LogP contribution in [0.1, 0.15) is 12.5 Å². The zero-order chi connectivity index (χ0) is 10.7. The second kappa shape index (κ2) is 4.53. The van der Waals surface area contributed by atoms with Gasteiger partial charge in [-0.2, -0.15) is 11.8 Å². The van der Waals surface area contributed by atoms with Gasteiger partial charge in [0.05, 0.1) is 0 Å². The first-order chi connectivity index (χ1) is 7.27. The molecule has 15 heavy (non-hydrogen) atoms. The van der Waals surface area contributed by atoms with E-state index in [0.717, 1.165) is 17.2 Å². The lowest BCUT2D eigenvalue weighted by Gasteiger charge is -2.06. The van der Waals surface area contributed by atoms with Crippen LogP contribution in [-0.2, 0) is 4.79 Å². The standard InChI is InChI=1S/C12H13NOS/c1-9(14)13-12-8-15-7-11(12)10-5-3-2-4-6-10/h2-6H,7-8H2,1H3,(H,13,14). The van der Waals surface area contributed by atoms with Crippen LogP contribution in [-0.4, -0.2) is 17.4 Å². The van der Waals surface area contributed by atoms with Crippen LogP contribution >= 0.6 is 11.8 Å². The molecule has 0 aliphatic carbocycles. The Bertz CT molecular complexity index is 397. The molecule has 1 N–H and O–H groups in total. The first kappa shape index (κ1) is 10.3. The Kier molecular flexibility index (Phi) is 3.11. The summed E-state index contributed by atoms with van der Waals surface area (Å²) in [6.07, 6.45) is 0. The molecule has 1 aliphatic rings. The molecule has 1 heterocycles. The van der Waals surface area contributed by atoms with Gasteiger partial charge in [0.25, 0.3) is 0 Å². The number of nitrogens with one attached hydrogen (secondary N) is 1. The van der Waals surface area contributed by atoms with Gasteiger partial charge in [-0.15, -0.1) is 0 Å². The Morgan fingerprint density at radius 3 is 2.67 bits per heavy atom. The Hall–Kier alpha value is -1.22. The van der Waals surface area contributed by atoms with Crippen LogP contribution in [0.4, 0.5) is 0 Å². The van der Waals surface area contributed by atoms with E-state index in [2.05, 4.69) is 17.4 Å². The van der Waals surface area contributed by atoms with E-state index >= 15 is 0 Å². The summed E-state index contributed by atoms with van der Waals surface area (Å²) >= 11 is 1.84. The maximum atomic E-state index is 11.0. The molecule has 78 valence electrons. The third-order valence-electron chi connectivity index (χ3n) is 2.31. The molecule has 0 aromatic heterocycles. The number of rotatable bonds is 2. The molecule has 0 radical (unpaired) electrons. The van der Waals surface area contributed by atoms with E-state index in [0.29, 0.717) is 0 Å². The third-order valence-corrected chi connectivity index (χ3v) is 3.29. The quantitative estimate of drug-likeness (QED) is 0.826. The summed E-state index contributed by atoms with van der Waals surface area (Å²) in [6, 6.07) is 10.2. The highest BCUT2D eigenvalue weighted by Crippen LogP contribution is 2.30. The lowest BCUT2D eigenvalue weighted by molar-refractivity contribution is -0.118. The summed E-state index contributed by atoms with van der Waals surface area (Å²) in [6.45, 7) is 1.55. The lowest BCUT2D eigenvalue weighted by atomic mass is 10.1. The molecule has 1 amide bonds. The van der Waals surface area contributed by atoms with Gasteiger partial charge in [-0.05, 0) is 11.1 Å². The molecular weight excluding hydrogens is 206 g/mol. The van der Waals surface area contributed by atoms with Crippen molar-refractivity contribution in [1.29, 1.82) is 0 Å². The van der Waals surface area contributed by atoms with E-state index in [1.54, 1.807) is 6.92 Å². The van der Waals surface area contributed by atoms with E-state index in [1.807, 2.05) is 30.0 Å². The molecule has 0 saturated carbocycles. The molecule has 0 fully saturated rings. The summed E-state index contributed by atoms with van der Waals surface area (Å²) in [7, 11) is 0. The number of thioether (sulfide) groups is 1. The Labute approximate surface area is 93.8 Å². The first-order valence-electron chi connectivity index (χ1n) is 4.90. The minimum atomic E-state index is 0.0148. The number of carbonyl (C=O) groups is 1. The topological polar surface area (TPSA) is 29.1 Å². The van der Waals surface area contributed by atoms with Gasteiger partial charge in [0, 0.05) is 24.1 Å². The lowest BCUT2D eigenvalue weighted by Crippen LogP contribution is -2.20. The van der Waals surface area contributed by atoms with Crippen molar-refractivity contribution < 1.29 is 4.79 Å². The van der Waals surface area contributed by atoms with Crippen molar-refractivity contribution in [2.24, 2.45) is 0 Å². The number of hydrogen-bond donors (Lipinski definition) is 1. The fraction of sp³-hybridized carbons (Fsp3) is 0.250. The SMILES string of the molecule is CC(=O)NC1=C(c2ccccc2)CSC1. The Balaban J connectivity index is 2.30. The van der Waals surface area contributed by atoms with Gasteiger partial charge in [0.2, 0.25) is 5.91 Å². The van der Waals surface area contributed by atoms with Crippen molar-refractivity contribution in [2.45, 2.75) is 6.92 Å². The molecule has 0 atom stereocenters. The molecule has 0 unspecified atom stereocenters. The van der Waals surface area contributed by atoms with Crippen LogP contribution < -0.4 is 5.32 Å². The number of amides is 1. The van der Waals surface area contributed by atoms with Gasteiger partial charge in [0.1, 0.15) is 0 Å². The van der Waals surface area contributed by atoms with E-state index in [9.17, 15) is 4.79 Å². The van der Waals surface area contributed by atoms with Crippen molar-refractivity contribution in [3.63, 3.8) is 0 Å². The minimum absolute atomic E-state index is 0.0148. The smallest absolute Gasteiger partial charge is 0.221 e. The molecular formula is C12H13NOS. The third kappa shape index (κ3) is 2.42. The fourth-order valence-electron chi connectivity index (χ4n) is 1.65. The maximum Gasteiger partial charge on any atom is 0.221 e. The highest BCUT2D eigenvalue weighted by atomic mass is 32.2. The van der Waals surface area contributed by atoms with Crippen LogP contribution in [0.3, 0.4) is 0 Å². The second-order valence-corrected chi connectivity index (χ2v) is 4.48. The Morgan fingerprint density at radius 2 is 2.00 bits per heavy atom. The summed E-state index contributed by atoms with van der Waals surface area (Å²) in [5.41, 5.74) is 3.54. The normalized spacial score (nSPS) is 15.5. The molecule has 2 rings (SSSR count). The van der Waals surface area contributed by atoms with E-state index < -0.39 is 0 Å². The number of carbonyl (C=O) groups excluding carboxylic acids is 1. The first-order valence-corrected chi connectivity index (χ1v) is 6.05. The van der Waals surface area contributed by atoms with Crippen LogP contribution in [0.15, 0.2) is 36.0 Å². The predicted octanol–water partition coefficient (Wildman–Crippen LogP) is 2.28. The molecule has 1 aliphatic heterocycles. The minimum Gasteiger partial charge on any atom is -0.329 e. The van der Waals surface area contributed by atoms with Gasteiger partial charge < -0.3 is 5.32 Å². The summed E-state index contributed by atoms with van der Waals surface area (Å²) < 4.78 is 0. The van der Waals surface area contributed by atoms with Gasteiger partial charge in [-0.3, -0.25) is 4.79 Å². The van der Waals surface area contributed by atoms with E-state index in [1.165, 1.54) is 11.1 Å². The van der Waals surface area contributed by atoms with Crippen LogP contribution in [0, 0.1) is 0 Å². The largest absolute Gasteiger partial charge is 0.329 e. The van der Waals surface area contributed by atoms with Crippen molar-refractivity contribution in [2.75, 3.05) is 11.5 Å². The van der Waals surface area contributed by atoms with Gasteiger partial charge >= 0.3 is 0 Å². The van der Waals surface area contributed by atoms with Gasteiger partial charge in [0.15, 0.2) is 0 Å². The van der Waals surface area contributed by atoms with Crippen LogP contribution in [0.5, 0.6) is 0 Å². The summed E-state index contributed by atoms with van der Waals surface area (Å²) in [5, 5.41) is 2.91. The average Bonchev–Trinajstić information content (AvgIpc) is 2.66. The molecule has 2 nitrogen and oxygen atoms in total. The van der Waals surface area contributed by atoms with E-state index in [-0.39, 0.29) is 5.91 Å². The highest BCUT2D eigenvalue weighted by Gasteiger charge is 2.16. The van der Waals surface area contributed by atoms with Gasteiger partial charge in [-0.25, -0.2) is 0 Å².